The van der Waals surface area contributed by atoms with Gasteiger partial charge >= 0.3 is 0 Å². The van der Waals surface area contributed by atoms with Crippen molar-refractivity contribution in [3.8, 4) is 0 Å². The monoisotopic (exact) mass is 642 g/mol. The minimum absolute atomic E-state index is 0.127. The van der Waals surface area contributed by atoms with Gasteiger partial charge in [-0.05, 0) is 36.7 Å². The lowest BCUT2D eigenvalue weighted by Gasteiger charge is -2.36. The Hall–Kier alpha value is 1.96. The van der Waals surface area contributed by atoms with E-state index in [1.807, 2.05) is 0 Å². The van der Waals surface area contributed by atoms with Gasteiger partial charge in [-0.2, -0.15) is 0 Å². The van der Waals surface area contributed by atoms with Crippen LogP contribution >= 0.6 is 140 Å². The Kier molecular flexibility index (Phi) is 9.86. The Balaban J connectivity index is 1.55. The zero-order valence-electron chi connectivity index (χ0n) is 14.2. The van der Waals surface area contributed by atoms with Crippen LogP contribution in [0.3, 0.4) is 0 Å². The van der Waals surface area contributed by atoms with E-state index in [9.17, 15) is 0 Å². The van der Waals surface area contributed by atoms with Gasteiger partial charge in [-0.3, -0.25) is 9.44 Å². The molecule has 0 atom stereocenters. The molecule has 1 aliphatic rings. The second kappa shape index (κ2) is 11.1. The fraction of sp³-hybridized carbons (Fsp3) is 0.250. The molecule has 30 heavy (non-hydrogen) atoms. The average Bonchev–Trinajstić information content (AvgIpc) is 2.70. The Morgan fingerprint density at radius 1 is 0.433 bits per heavy atom. The maximum atomic E-state index is 6.24. The van der Waals surface area contributed by atoms with Gasteiger partial charge in [0.25, 0.3) is 0 Å². The van der Waals surface area contributed by atoms with Gasteiger partial charge in [0, 0.05) is 12.1 Å². The first-order chi connectivity index (χ1) is 14.0. The normalized spacial score (nSPS) is 18.6. The molecule has 2 aromatic carbocycles. The first kappa shape index (κ1) is 26.6. The molecular formula is C16H8Cl10N2S2. The molecule has 14 heteroatoms. The van der Waals surface area contributed by atoms with Crippen LogP contribution in [0, 0.1) is 0 Å². The molecule has 0 saturated heterocycles. The summed E-state index contributed by atoms with van der Waals surface area (Å²) in [6.07, 6.45) is 1.66. The highest BCUT2D eigenvalue weighted by molar-refractivity contribution is 7.98. The van der Waals surface area contributed by atoms with Crippen molar-refractivity contribution in [2.75, 3.05) is 0 Å². The average molecular weight is 647 g/mol. The van der Waals surface area contributed by atoms with E-state index < -0.39 is 0 Å². The smallest absolute Gasteiger partial charge is 0.0809 e. The van der Waals surface area contributed by atoms with Gasteiger partial charge in [-0.1, -0.05) is 116 Å². The molecule has 164 valence electrons. The molecule has 0 aliphatic heterocycles. The number of benzene rings is 2. The summed E-state index contributed by atoms with van der Waals surface area (Å²) >= 11 is 63.8. The van der Waals surface area contributed by atoms with Gasteiger partial charge in [0.2, 0.25) is 0 Å². The highest BCUT2D eigenvalue weighted by Gasteiger charge is 2.31. The third kappa shape index (κ3) is 5.44. The van der Waals surface area contributed by atoms with Crippen LogP contribution in [0.15, 0.2) is 9.79 Å². The number of rotatable bonds is 6. The number of hydrogen-bond acceptors (Lipinski definition) is 4. The van der Waals surface area contributed by atoms with Crippen molar-refractivity contribution in [1.29, 1.82) is 0 Å². The van der Waals surface area contributed by atoms with Crippen LogP contribution in [0.1, 0.15) is 12.8 Å². The highest BCUT2D eigenvalue weighted by atomic mass is 35.5. The van der Waals surface area contributed by atoms with E-state index in [-0.39, 0.29) is 62.3 Å². The molecule has 2 nitrogen and oxygen atoms in total. The predicted octanol–water partition coefficient (Wildman–Crippen LogP) is 10.6. The Morgan fingerprint density at radius 3 is 0.933 bits per heavy atom. The van der Waals surface area contributed by atoms with E-state index in [1.165, 1.54) is 23.9 Å². The molecule has 1 aliphatic carbocycles. The lowest BCUT2D eigenvalue weighted by Crippen LogP contribution is -2.46. The van der Waals surface area contributed by atoms with Crippen molar-refractivity contribution < 1.29 is 0 Å². The molecule has 0 spiro atoms. The van der Waals surface area contributed by atoms with Crippen molar-refractivity contribution in [2.45, 2.75) is 34.7 Å². The SMILES string of the molecule is Clc1c(Cl)c(Cl)c(SNC2CC(NSc3c(Cl)c(Cl)c(Cl)c(Cl)c3Cl)C2)c(Cl)c1Cl. The Labute approximate surface area is 232 Å². The molecular weight excluding hydrogens is 639 g/mol. The summed E-state index contributed by atoms with van der Waals surface area (Å²) in [6, 6.07) is 0.411. The van der Waals surface area contributed by atoms with Crippen molar-refractivity contribution in [3.63, 3.8) is 0 Å². The number of nitrogens with one attached hydrogen (secondary N) is 2. The minimum Gasteiger partial charge on any atom is -0.257 e. The van der Waals surface area contributed by atoms with Gasteiger partial charge in [-0.25, -0.2) is 0 Å². The van der Waals surface area contributed by atoms with Crippen LogP contribution in [0.2, 0.25) is 50.2 Å². The molecule has 0 amide bonds. The second-order valence-corrected chi connectivity index (χ2v) is 11.6. The predicted molar refractivity (Wildman–Crippen MR) is 138 cm³/mol. The largest absolute Gasteiger partial charge is 0.257 e. The highest BCUT2D eigenvalue weighted by Crippen LogP contribution is 2.49. The topological polar surface area (TPSA) is 24.1 Å². The molecule has 0 bridgehead atoms. The van der Waals surface area contributed by atoms with Crippen molar-refractivity contribution in [3.05, 3.63) is 50.2 Å². The van der Waals surface area contributed by atoms with E-state index in [1.54, 1.807) is 0 Å². The van der Waals surface area contributed by atoms with E-state index in [0.29, 0.717) is 9.79 Å². The third-order valence-corrected chi connectivity index (χ3v) is 11.3. The van der Waals surface area contributed by atoms with Crippen molar-refractivity contribution in [1.82, 2.24) is 9.44 Å². The fourth-order valence-corrected chi connectivity index (χ4v) is 7.13. The summed E-state index contributed by atoms with van der Waals surface area (Å²) in [7, 11) is 0. The van der Waals surface area contributed by atoms with Gasteiger partial charge in [0.05, 0.1) is 60.0 Å². The summed E-state index contributed by atoms with van der Waals surface area (Å²) in [5.41, 5.74) is 0. The van der Waals surface area contributed by atoms with Crippen LogP contribution in [0.5, 0.6) is 0 Å². The van der Waals surface area contributed by atoms with E-state index in [4.69, 9.17) is 116 Å². The molecule has 2 N–H and O–H groups in total. The molecule has 3 rings (SSSR count). The van der Waals surface area contributed by atoms with Gasteiger partial charge in [-0.15, -0.1) is 0 Å². The van der Waals surface area contributed by atoms with Gasteiger partial charge < -0.3 is 0 Å². The van der Waals surface area contributed by atoms with Crippen molar-refractivity contribution in [2.24, 2.45) is 0 Å². The molecule has 1 saturated carbocycles. The molecule has 0 radical (unpaired) electrons. The second-order valence-electron chi connectivity index (χ2n) is 6.10. The van der Waals surface area contributed by atoms with Gasteiger partial charge in [0.1, 0.15) is 0 Å². The van der Waals surface area contributed by atoms with Gasteiger partial charge in [0.15, 0.2) is 0 Å². The standard InChI is InChI=1S/C16H8Cl10N2S2/c17-5-7(19)11(23)15(12(24)8(5)20)29-27-3-1-4(2-3)28-30-16-13(25)9(21)6(18)10(22)14(16)26/h3-4,27-28H,1-2H2. The zero-order valence-corrected chi connectivity index (χ0v) is 23.4. The molecule has 1 fully saturated rings. The third-order valence-electron chi connectivity index (χ3n) is 4.13. The van der Waals surface area contributed by atoms with Crippen molar-refractivity contribution >= 4 is 140 Å². The van der Waals surface area contributed by atoms with E-state index >= 15 is 0 Å². The summed E-state index contributed by atoms with van der Waals surface area (Å²) < 4.78 is 6.59. The quantitative estimate of drug-likeness (QED) is 0.185. The summed E-state index contributed by atoms with van der Waals surface area (Å²) in [5.74, 6) is 0. The van der Waals surface area contributed by atoms with Crippen LogP contribution in [-0.4, -0.2) is 12.1 Å². The first-order valence-corrected chi connectivity index (χ1v) is 13.3. The van der Waals surface area contributed by atoms with E-state index in [0.717, 1.165) is 12.8 Å². The zero-order chi connectivity index (χ0) is 22.3. The summed E-state index contributed by atoms with van der Waals surface area (Å²) in [4.78, 5) is 1.04. The van der Waals surface area contributed by atoms with Crippen LogP contribution in [0.4, 0.5) is 0 Å². The minimum atomic E-state index is 0.127. The number of hydrogen-bond donors (Lipinski definition) is 2. The molecule has 0 heterocycles. The lowest BCUT2D eigenvalue weighted by atomic mass is 9.89. The number of halogens is 10. The summed E-state index contributed by atoms with van der Waals surface area (Å²) in [5, 5.41) is 1.90. The maximum absolute atomic E-state index is 6.24. The first-order valence-electron chi connectivity index (χ1n) is 7.92. The van der Waals surface area contributed by atoms with E-state index in [2.05, 4.69) is 9.44 Å². The Bertz CT molecular complexity index is 861. The molecule has 2 aromatic rings. The fourth-order valence-electron chi connectivity index (χ4n) is 2.44. The summed E-state index contributed by atoms with van der Waals surface area (Å²) in [6.45, 7) is 0. The maximum Gasteiger partial charge on any atom is 0.0809 e. The van der Waals surface area contributed by atoms with Crippen LogP contribution in [0.25, 0.3) is 0 Å². The molecule has 0 aromatic heterocycles. The molecule has 0 unspecified atom stereocenters. The lowest BCUT2D eigenvalue weighted by molar-refractivity contribution is 0.318. The van der Waals surface area contributed by atoms with Crippen LogP contribution in [-0.2, 0) is 0 Å². The van der Waals surface area contributed by atoms with Crippen LogP contribution < -0.4 is 9.44 Å². The Morgan fingerprint density at radius 2 is 0.667 bits per heavy atom.